The third kappa shape index (κ3) is 5.13. The lowest BCUT2D eigenvalue weighted by molar-refractivity contribution is -0.119. The Balaban J connectivity index is 2.23. The number of furan rings is 1. The maximum absolute atomic E-state index is 11.5. The Morgan fingerprint density at radius 3 is 2.83 bits per heavy atom. The van der Waals surface area contributed by atoms with Crippen molar-refractivity contribution in [3.8, 4) is 0 Å². The standard InChI is InChI=1S/C11H17N3O3S/c1-8(9-3-2-5-17-9)14-11(16)13-7-10(15)12-4-6-18/h2-3,5,8,18H,4,6-7H2,1H3,(H,12,15)(H2,13,14,16). The summed E-state index contributed by atoms with van der Waals surface area (Å²) in [6, 6.07) is 2.85. The summed E-state index contributed by atoms with van der Waals surface area (Å²) in [7, 11) is 0. The minimum absolute atomic E-state index is 0.0650. The van der Waals surface area contributed by atoms with E-state index in [1.807, 2.05) is 0 Å². The first-order valence-electron chi connectivity index (χ1n) is 5.59. The first kappa shape index (κ1) is 14.4. The molecule has 1 aromatic heterocycles. The summed E-state index contributed by atoms with van der Waals surface area (Å²) in [5.74, 6) is 0.975. The summed E-state index contributed by atoms with van der Waals surface area (Å²) in [5.41, 5.74) is 0. The molecule has 0 bridgehead atoms. The molecule has 18 heavy (non-hydrogen) atoms. The highest BCUT2D eigenvalue weighted by molar-refractivity contribution is 7.80. The summed E-state index contributed by atoms with van der Waals surface area (Å²) in [4.78, 5) is 22.7. The molecule has 3 N–H and O–H groups in total. The van der Waals surface area contributed by atoms with Crippen molar-refractivity contribution in [2.75, 3.05) is 18.8 Å². The second-order valence-electron chi connectivity index (χ2n) is 3.64. The Bertz CT molecular complexity index is 381. The largest absolute Gasteiger partial charge is 0.467 e. The molecular formula is C11H17N3O3S. The van der Waals surface area contributed by atoms with E-state index in [1.165, 1.54) is 6.26 Å². The first-order chi connectivity index (χ1) is 8.63. The van der Waals surface area contributed by atoms with E-state index in [0.29, 0.717) is 18.1 Å². The Hall–Kier alpha value is -1.63. The van der Waals surface area contributed by atoms with E-state index in [2.05, 4.69) is 28.6 Å². The van der Waals surface area contributed by atoms with E-state index in [4.69, 9.17) is 4.42 Å². The summed E-state index contributed by atoms with van der Waals surface area (Å²) < 4.78 is 5.14. The van der Waals surface area contributed by atoms with Gasteiger partial charge in [-0.1, -0.05) is 0 Å². The molecule has 1 unspecified atom stereocenters. The van der Waals surface area contributed by atoms with E-state index >= 15 is 0 Å². The van der Waals surface area contributed by atoms with Gasteiger partial charge in [-0.15, -0.1) is 0 Å². The second-order valence-corrected chi connectivity index (χ2v) is 4.08. The molecule has 0 fully saturated rings. The lowest BCUT2D eigenvalue weighted by Gasteiger charge is -2.12. The van der Waals surface area contributed by atoms with Crippen LogP contribution in [0, 0.1) is 0 Å². The van der Waals surface area contributed by atoms with Crippen molar-refractivity contribution in [3.63, 3.8) is 0 Å². The maximum atomic E-state index is 11.5. The normalized spacial score (nSPS) is 11.7. The lowest BCUT2D eigenvalue weighted by Crippen LogP contribution is -2.43. The molecule has 0 spiro atoms. The molecule has 1 aromatic rings. The van der Waals surface area contributed by atoms with Crippen LogP contribution < -0.4 is 16.0 Å². The van der Waals surface area contributed by atoms with E-state index in [9.17, 15) is 9.59 Å². The Morgan fingerprint density at radius 2 is 2.22 bits per heavy atom. The zero-order valence-electron chi connectivity index (χ0n) is 10.1. The van der Waals surface area contributed by atoms with Crippen LogP contribution in [0.15, 0.2) is 22.8 Å². The third-order valence-corrected chi connectivity index (χ3v) is 2.38. The molecule has 0 aliphatic carbocycles. The fourth-order valence-electron chi connectivity index (χ4n) is 1.27. The molecule has 6 nitrogen and oxygen atoms in total. The fraction of sp³-hybridized carbons (Fsp3) is 0.455. The molecule has 7 heteroatoms. The minimum atomic E-state index is -0.417. The van der Waals surface area contributed by atoms with Crippen LogP contribution in [0.4, 0.5) is 4.79 Å². The summed E-state index contributed by atoms with van der Waals surface area (Å²) in [5, 5.41) is 7.70. The number of nitrogens with one attached hydrogen (secondary N) is 3. The monoisotopic (exact) mass is 271 g/mol. The zero-order valence-corrected chi connectivity index (χ0v) is 11.0. The van der Waals surface area contributed by atoms with Gasteiger partial charge in [0.2, 0.25) is 5.91 Å². The van der Waals surface area contributed by atoms with Crippen molar-refractivity contribution in [2.45, 2.75) is 13.0 Å². The van der Waals surface area contributed by atoms with Gasteiger partial charge in [0.15, 0.2) is 0 Å². The van der Waals surface area contributed by atoms with Crippen molar-refractivity contribution < 1.29 is 14.0 Å². The number of hydrogen-bond acceptors (Lipinski definition) is 4. The second kappa shape index (κ2) is 7.65. The van der Waals surface area contributed by atoms with Crippen molar-refractivity contribution in [1.82, 2.24) is 16.0 Å². The SMILES string of the molecule is CC(NC(=O)NCC(=O)NCCS)c1ccco1. The Kier molecular flexibility index (Phi) is 6.13. The molecule has 0 aliphatic rings. The van der Waals surface area contributed by atoms with Gasteiger partial charge in [0.05, 0.1) is 18.8 Å². The minimum Gasteiger partial charge on any atom is -0.467 e. The van der Waals surface area contributed by atoms with Crippen LogP contribution in [-0.2, 0) is 4.79 Å². The number of carbonyl (C=O) groups is 2. The maximum Gasteiger partial charge on any atom is 0.315 e. The van der Waals surface area contributed by atoms with Crippen molar-refractivity contribution in [2.24, 2.45) is 0 Å². The summed E-state index contributed by atoms with van der Waals surface area (Å²) in [6.45, 7) is 2.21. The predicted octanol–water partition coefficient (Wildman–Crippen LogP) is 0.686. The molecular weight excluding hydrogens is 254 g/mol. The molecule has 0 radical (unpaired) electrons. The van der Waals surface area contributed by atoms with Crippen molar-refractivity contribution >= 4 is 24.6 Å². The van der Waals surface area contributed by atoms with Crippen molar-refractivity contribution in [3.05, 3.63) is 24.2 Å². The average molecular weight is 271 g/mol. The molecule has 0 saturated heterocycles. The Morgan fingerprint density at radius 1 is 1.44 bits per heavy atom. The van der Waals surface area contributed by atoms with Gasteiger partial charge in [0, 0.05) is 12.3 Å². The fourth-order valence-corrected chi connectivity index (χ4v) is 1.39. The van der Waals surface area contributed by atoms with Gasteiger partial charge < -0.3 is 20.4 Å². The van der Waals surface area contributed by atoms with Crippen molar-refractivity contribution in [1.29, 1.82) is 0 Å². The smallest absolute Gasteiger partial charge is 0.315 e. The van der Waals surface area contributed by atoms with Gasteiger partial charge in [0.25, 0.3) is 0 Å². The van der Waals surface area contributed by atoms with Crippen LogP contribution in [0.3, 0.4) is 0 Å². The first-order valence-corrected chi connectivity index (χ1v) is 6.22. The quantitative estimate of drug-likeness (QED) is 0.574. The average Bonchev–Trinajstić information content (AvgIpc) is 2.87. The van der Waals surface area contributed by atoms with Gasteiger partial charge in [-0.2, -0.15) is 12.6 Å². The number of carbonyl (C=O) groups excluding carboxylic acids is 2. The summed E-state index contributed by atoms with van der Waals surface area (Å²) in [6.07, 6.45) is 1.54. The third-order valence-electron chi connectivity index (χ3n) is 2.16. The van der Waals surface area contributed by atoms with Gasteiger partial charge >= 0.3 is 6.03 Å². The Labute approximate surface area is 111 Å². The van der Waals surface area contributed by atoms with Crippen LogP contribution >= 0.6 is 12.6 Å². The highest BCUT2D eigenvalue weighted by Crippen LogP contribution is 2.11. The zero-order chi connectivity index (χ0) is 13.4. The van der Waals surface area contributed by atoms with Crippen LogP contribution in [0.5, 0.6) is 0 Å². The van der Waals surface area contributed by atoms with E-state index < -0.39 is 6.03 Å². The van der Waals surface area contributed by atoms with Crippen LogP contribution in [-0.4, -0.2) is 30.8 Å². The van der Waals surface area contributed by atoms with Gasteiger partial charge in [-0.3, -0.25) is 4.79 Å². The molecule has 0 aliphatic heterocycles. The molecule has 1 heterocycles. The number of thiol groups is 1. The molecule has 1 atom stereocenters. The summed E-state index contributed by atoms with van der Waals surface area (Å²) >= 11 is 3.96. The van der Waals surface area contributed by atoms with E-state index in [-0.39, 0.29) is 18.5 Å². The topological polar surface area (TPSA) is 83.4 Å². The van der Waals surface area contributed by atoms with Crippen LogP contribution in [0.25, 0.3) is 0 Å². The molecule has 0 aromatic carbocycles. The number of hydrogen-bond donors (Lipinski definition) is 4. The molecule has 100 valence electrons. The number of urea groups is 1. The lowest BCUT2D eigenvalue weighted by atomic mass is 10.2. The van der Waals surface area contributed by atoms with Gasteiger partial charge in [-0.25, -0.2) is 4.79 Å². The molecule has 1 rings (SSSR count). The van der Waals surface area contributed by atoms with E-state index in [1.54, 1.807) is 19.1 Å². The number of amides is 3. The van der Waals surface area contributed by atoms with Gasteiger partial charge in [-0.05, 0) is 19.1 Å². The highest BCUT2D eigenvalue weighted by Gasteiger charge is 2.11. The van der Waals surface area contributed by atoms with Gasteiger partial charge in [0.1, 0.15) is 5.76 Å². The molecule has 0 saturated carbocycles. The van der Waals surface area contributed by atoms with Crippen LogP contribution in [0.2, 0.25) is 0 Å². The predicted molar refractivity (Wildman–Crippen MR) is 70.5 cm³/mol. The van der Waals surface area contributed by atoms with E-state index in [0.717, 1.165) is 0 Å². The molecule has 3 amide bonds. The van der Waals surface area contributed by atoms with Crippen LogP contribution in [0.1, 0.15) is 18.7 Å². The number of rotatable bonds is 6. The highest BCUT2D eigenvalue weighted by atomic mass is 32.1.